The van der Waals surface area contributed by atoms with Gasteiger partial charge in [0.25, 0.3) is 0 Å². The average Bonchev–Trinajstić information content (AvgIpc) is 2.76. The molecule has 4 fully saturated rings. The van der Waals surface area contributed by atoms with Crippen molar-refractivity contribution in [3.05, 3.63) is 17.7 Å². The summed E-state index contributed by atoms with van der Waals surface area (Å²) in [5.41, 5.74) is 0.406. The first-order valence-corrected chi connectivity index (χ1v) is 6.93. The molecular weight excluding hydrogens is 228 g/mol. The Kier molecular flexibility index (Phi) is 1.98. The Morgan fingerprint density at radius 3 is 2.22 bits per heavy atom. The topological polar surface area (TPSA) is 66.0 Å². The third kappa shape index (κ3) is 1.38. The average molecular weight is 246 g/mol. The van der Waals surface area contributed by atoms with Crippen molar-refractivity contribution in [2.24, 2.45) is 17.8 Å². The van der Waals surface area contributed by atoms with Gasteiger partial charge in [0.05, 0.1) is 6.20 Å². The smallest absolute Gasteiger partial charge is 0.353 e. The molecule has 1 heterocycles. The van der Waals surface area contributed by atoms with E-state index in [4.69, 9.17) is 5.11 Å². The Morgan fingerprint density at radius 1 is 1.22 bits per heavy atom. The number of aromatic amines is 1. The lowest BCUT2D eigenvalue weighted by atomic mass is 9.49. The first-order chi connectivity index (χ1) is 8.64. The van der Waals surface area contributed by atoms with Crippen LogP contribution >= 0.6 is 0 Å². The fourth-order valence-corrected chi connectivity index (χ4v) is 5.10. The molecule has 0 aromatic carbocycles. The highest BCUT2D eigenvalue weighted by Crippen LogP contribution is 2.60. The Hall–Kier alpha value is -1.32. The molecule has 1 aromatic rings. The number of aromatic carboxylic acids is 1. The van der Waals surface area contributed by atoms with Crippen molar-refractivity contribution < 1.29 is 9.90 Å². The van der Waals surface area contributed by atoms with Crippen LogP contribution in [0.4, 0.5) is 0 Å². The third-order valence-corrected chi connectivity index (χ3v) is 5.35. The molecule has 4 aliphatic carbocycles. The summed E-state index contributed by atoms with van der Waals surface area (Å²) < 4.78 is 0. The maximum atomic E-state index is 11.0. The van der Waals surface area contributed by atoms with Gasteiger partial charge in [0.15, 0.2) is 0 Å². The van der Waals surface area contributed by atoms with E-state index in [1.165, 1.54) is 44.7 Å². The van der Waals surface area contributed by atoms with E-state index in [0.29, 0.717) is 0 Å². The van der Waals surface area contributed by atoms with E-state index >= 15 is 0 Å². The molecule has 96 valence electrons. The van der Waals surface area contributed by atoms with E-state index in [9.17, 15) is 4.79 Å². The fourth-order valence-electron chi connectivity index (χ4n) is 5.10. The molecule has 18 heavy (non-hydrogen) atoms. The Balaban J connectivity index is 1.72. The minimum absolute atomic E-state index is 0.169. The molecule has 0 spiro atoms. The van der Waals surface area contributed by atoms with Crippen LogP contribution < -0.4 is 0 Å². The Morgan fingerprint density at radius 2 is 1.78 bits per heavy atom. The van der Waals surface area contributed by atoms with Gasteiger partial charge in [-0.3, -0.25) is 0 Å². The normalized spacial score (nSPS) is 41.2. The van der Waals surface area contributed by atoms with Crippen molar-refractivity contribution >= 4 is 5.97 Å². The number of rotatable bonds is 2. The number of H-pyrrole nitrogens is 1. The van der Waals surface area contributed by atoms with E-state index < -0.39 is 5.97 Å². The van der Waals surface area contributed by atoms with Gasteiger partial charge < -0.3 is 10.1 Å². The summed E-state index contributed by atoms with van der Waals surface area (Å²) in [5.74, 6) is 2.61. The largest absolute Gasteiger partial charge is 0.477 e. The van der Waals surface area contributed by atoms with Crippen molar-refractivity contribution in [3.8, 4) is 0 Å². The molecule has 4 saturated carbocycles. The van der Waals surface area contributed by atoms with Crippen LogP contribution in [-0.2, 0) is 5.41 Å². The van der Waals surface area contributed by atoms with Gasteiger partial charge in [0, 0.05) is 5.41 Å². The Labute approximate surface area is 106 Å². The van der Waals surface area contributed by atoms with Crippen LogP contribution in [0.15, 0.2) is 6.20 Å². The summed E-state index contributed by atoms with van der Waals surface area (Å²) in [4.78, 5) is 18.4. The second-order valence-corrected chi connectivity index (χ2v) is 6.65. The number of hydrogen-bond donors (Lipinski definition) is 2. The summed E-state index contributed by atoms with van der Waals surface area (Å²) in [6.07, 6.45) is 9.31. The second kappa shape index (κ2) is 3.37. The molecular formula is C14H18N2O2. The number of hydrogen-bond acceptors (Lipinski definition) is 2. The molecule has 1 aromatic heterocycles. The second-order valence-electron chi connectivity index (χ2n) is 6.65. The fraction of sp³-hybridized carbons (Fsp3) is 0.714. The van der Waals surface area contributed by atoms with Crippen molar-refractivity contribution in [2.75, 3.05) is 0 Å². The molecule has 4 bridgehead atoms. The number of aromatic nitrogens is 2. The maximum Gasteiger partial charge on any atom is 0.353 e. The van der Waals surface area contributed by atoms with Crippen molar-refractivity contribution in [3.63, 3.8) is 0 Å². The SMILES string of the molecule is O=C(O)c1cnc(C23CC4CC(CC(C4)C2)C3)[nH]1. The molecule has 0 radical (unpaired) electrons. The van der Waals surface area contributed by atoms with E-state index in [2.05, 4.69) is 9.97 Å². The van der Waals surface area contributed by atoms with Gasteiger partial charge in [-0.2, -0.15) is 0 Å². The molecule has 0 unspecified atom stereocenters. The zero-order valence-corrected chi connectivity index (χ0v) is 10.4. The standard InChI is InChI=1S/C14H18N2O2/c17-12(18)11-7-15-13(16-11)14-4-8-1-9(5-14)3-10(2-8)6-14/h7-10H,1-6H2,(H,15,16)(H,17,18). The highest BCUT2D eigenvalue weighted by molar-refractivity contribution is 5.85. The summed E-state index contributed by atoms with van der Waals surface area (Å²) in [5, 5.41) is 9.01. The first-order valence-electron chi connectivity index (χ1n) is 6.93. The minimum Gasteiger partial charge on any atom is -0.477 e. The summed E-state index contributed by atoms with van der Waals surface area (Å²) in [6.45, 7) is 0. The van der Waals surface area contributed by atoms with Gasteiger partial charge >= 0.3 is 5.97 Å². The third-order valence-electron chi connectivity index (χ3n) is 5.35. The van der Waals surface area contributed by atoms with E-state index in [0.717, 1.165) is 23.6 Å². The van der Waals surface area contributed by atoms with E-state index in [1.54, 1.807) is 0 Å². The number of nitrogens with zero attached hydrogens (tertiary/aromatic N) is 1. The predicted octanol–water partition coefficient (Wildman–Crippen LogP) is 2.58. The van der Waals surface area contributed by atoms with Crippen LogP contribution in [0.5, 0.6) is 0 Å². The number of carboxylic acids is 1. The zero-order valence-electron chi connectivity index (χ0n) is 10.4. The van der Waals surface area contributed by atoms with Gasteiger partial charge in [-0.25, -0.2) is 9.78 Å². The van der Waals surface area contributed by atoms with Gasteiger partial charge in [-0.05, 0) is 56.3 Å². The molecule has 4 nitrogen and oxygen atoms in total. The maximum absolute atomic E-state index is 11.0. The van der Waals surface area contributed by atoms with Gasteiger partial charge in [-0.1, -0.05) is 0 Å². The van der Waals surface area contributed by atoms with Crippen LogP contribution in [0.2, 0.25) is 0 Å². The lowest BCUT2D eigenvalue weighted by molar-refractivity contribution is -0.00905. The quantitative estimate of drug-likeness (QED) is 0.842. The molecule has 0 saturated heterocycles. The van der Waals surface area contributed by atoms with Gasteiger partial charge in [0.2, 0.25) is 0 Å². The van der Waals surface area contributed by atoms with E-state index in [-0.39, 0.29) is 11.1 Å². The monoisotopic (exact) mass is 246 g/mol. The molecule has 0 amide bonds. The summed E-state index contributed by atoms with van der Waals surface area (Å²) >= 11 is 0. The number of imidazole rings is 1. The molecule has 4 aliphatic rings. The van der Waals surface area contributed by atoms with Crippen LogP contribution in [0.25, 0.3) is 0 Å². The van der Waals surface area contributed by atoms with Crippen molar-refractivity contribution in [1.29, 1.82) is 0 Å². The number of nitrogens with one attached hydrogen (secondary N) is 1. The highest BCUT2D eigenvalue weighted by Gasteiger charge is 2.53. The molecule has 0 aliphatic heterocycles. The van der Waals surface area contributed by atoms with Crippen molar-refractivity contribution in [1.82, 2.24) is 9.97 Å². The summed E-state index contributed by atoms with van der Waals surface area (Å²) in [7, 11) is 0. The van der Waals surface area contributed by atoms with Gasteiger partial charge in [0.1, 0.15) is 11.5 Å². The zero-order chi connectivity index (χ0) is 12.3. The highest BCUT2D eigenvalue weighted by atomic mass is 16.4. The summed E-state index contributed by atoms with van der Waals surface area (Å²) in [6, 6.07) is 0. The van der Waals surface area contributed by atoms with Crippen LogP contribution in [0.1, 0.15) is 54.8 Å². The lowest BCUT2D eigenvalue weighted by Crippen LogP contribution is -2.49. The van der Waals surface area contributed by atoms with Crippen molar-refractivity contribution in [2.45, 2.75) is 43.9 Å². The molecule has 2 N–H and O–H groups in total. The predicted molar refractivity (Wildman–Crippen MR) is 65.4 cm³/mol. The Bertz CT molecular complexity index is 470. The number of carboxylic acid groups (broad SMARTS) is 1. The lowest BCUT2D eigenvalue weighted by Gasteiger charge is -2.55. The minimum atomic E-state index is -0.904. The van der Waals surface area contributed by atoms with E-state index in [1.807, 2.05) is 0 Å². The molecule has 4 heteroatoms. The molecule has 5 rings (SSSR count). The van der Waals surface area contributed by atoms with Crippen LogP contribution in [0.3, 0.4) is 0 Å². The van der Waals surface area contributed by atoms with Crippen LogP contribution in [0, 0.1) is 17.8 Å². The van der Waals surface area contributed by atoms with Gasteiger partial charge in [-0.15, -0.1) is 0 Å². The first kappa shape index (κ1) is 10.6. The number of carbonyl (C=O) groups is 1. The molecule has 0 atom stereocenters. The van der Waals surface area contributed by atoms with Crippen LogP contribution in [-0.4, -0.2) is 21.0 Å².